The Kier molecular flexibility index (Phi) is 13.9. The Morgan fingerprint density at radius 1 is 0.724 bits per heavy atom. The molecule has 0 saturated heterocycles. The second-order valence-electron chi connectivity index (χ2n) is 7.98. The van der Waals surface area contributed by atoms with Crippen molar-refractivity contribution in [3.63, 3.8) is 0 Å². The monoisotopic (exact) mass is 404 g/mol. The van der Waals surface area contributed by atoms with E-state index in [0.717, 1.165) is 56.9 Å². The van der Waals surface area contributed by atoms with Crippen molar-refractivity contribution < 1.29 is 19.1 Å². The van der Waals surface area contributed by atoms with Crippen molar-refractivity contribution in [1.82, 2.24) is 0 Å². The Labute approximate surface area is 177 Å². The zero-order chi connectivity index (χ0) is 21.3. The molecule has 29 heavy (non-hydrogen) atoms. The summed E-state index contributed by atoms with van der Waals surface area (Å²) in [6.07, 6.45) is 12.8. The highest BCUT2D eigenvalue weighted by Crippen LogP contribution is 2.17. The molecule has 0 aliphatic rings. The van der Waals surface area contributed by atoms with Gasteiger partial charge in [-0.05, 0) is 56.4 Å². The first-order chi connectivity index (χ1) is 14.0. The fourth-order valence-electron chi connectivity index (χ4n) is 3.17. The van der Waals surface area contributed by atoms with Gasteiger partial charge in [-0.3, -0.25) is 9.59 Å². The largest absolute Gasteiger partial charge is 0.466 e. The van der Waals surface area contributed by atoms with E-state index in [9.17, 15) is 9.59 Å². The maximum absolute atomic E-state index is 11.9. The average molecular weight is 405 g/mol. The molecular weight excluding hydrogens is 364 g/mol. The molecule has 0 bridgehead atoms. The summed E-state index contributed by atoms with van der Waals surface area (Å²) in [5, 5.41) is 0. The number of aryl methyl sites for hydroxylation is 2. The number of hydrogen-bond acceptors (Lipinski definition) is 4. The molecule has 1 rings (SSSR count). The number of rotatable bonds is 16. The Morgan fingerprint density at radius 3 is 1.97 bits per heavy atom. The van der Waals surface area contributed by atoms with Gasteiger partial charge in [-0.2, -0.15) is 0 Å². The standard InChI is InChI=1S/C25H40O4/c1-4-5-6-11-14-19-28-24(26)15-12-9-7-8-10-13-16-25(27)29-23-18-17-21(2)22(3)20-23/h17-18,20H,4-16,19H2,1-3H3. The molecule has 0 spiro atoms. The van der Waals surface area contributed by atoms with Crippen LogP contribution in [0.1, 0.15) is 102 Å². The highest BCUT2D eigenvalue weighted by Gasteiger charge is 2.06. The molecule has 0 aromatic heterocycles. The summed E-state index contributed by atoms with van der Waals surface area (Å²) in [6.45, 7) is 6.82. The molecule has 0 heterocycles. The van der Waals surface area contributed by atoms with Crippen LogP contribution in [-0.4, -0.2) is 18.5 Å². The lowest BCUT2D eigenvalue weighted by atomic mass is 10.1. The van der Waals surface area contributed by atoms with Gasteiger partial charge >= 0.3 is 11.9 Å². The summed E-state index contributed by atoms with van der Waals surface area (Å²) in [4.78, 5) is 23.6. The molecule has 0 saturated carbocycles. The van der Waals surface area contributed by atoms with Crippen molar-refractivity contribution in [2.24, 2.45) is 0 Å². The number of ether oxygens (including phenoxy) is 2. The minimum atomic E-state index is -0.161. The van der Waals surface area contributed by atoms with Crippen LogP contribution < -0.4 is 4.74 Å². The lowest BCUT2D eigenvalue weighted by Crippen LogP contribution is -2.07. The Morgan fingerprint density at radius 2 is 1.31 bits per heavy atom. The zero-order valence-corrected chi connectivity index (χ0v) is 18.8. The number of carbonyl (C=O) groups is 2. The second kappa shape index (κ2) is 16.0. The van der Waals surface area contributed by atoms with E-state index >= 15 is 0 Å². The van der Waals surface area contributed by atoms with Gasteiger partial charge < -0.3 is 9.47 Å². The minimum absolute atomic E-state index is 0.0606. The van der Waals surface area contributed by atoms with Crippen molar-refractivity contribution in [2.45, 2.75) is 104 Å². The number of benzene rings is 1. The Balaban J connectivity index is 1.93. The number of carbonyl (C=O) groups excluding carboxylic acids is 2. The van der Waals surface area contributed by atoms with Gasteiger partial charge in [0.25, 0.3) is 0 Å². The first kappa shape index (κ1) is 25.2. The topological polar surface area (TPSA) is 52.6 Å². The van der Waals surface area contributed by atoms with Crippen LogP contribution in [0.3, 0.4) is 0 Å². The van der Waals surface area contributed by atoms with Crippen LogP contribution in [0.25, 0.3) is 0 Å². The predicted molar refractivity (Wildman–Crippen MR) is 118 cm³/mol. The molecule has 0 radical (unpaired) electrons. The van der Waals surface area contributed by atoms with Crippen LogP contribution in [0.4, 0.5) is 0 Å². The van der Waals surface area contributed by atoms with E-state index in [2.05, 4.69) is 6.92 Å². The lowest BCUT2D eigenvalue weighted by molar-refractivity contribution is -0.144. The maximum Gasteiger partial charge on any atom is 0.311 e. The van der Waals surface area contributed by atoms with Crippen molar-refractivity contribution in [1.29, 1.82) is 0 Å². The number of unbranched alkanes of at least 4 members (excludes halogenated alkanes) is 9. The molecule has 0 atom stereocenters. The van der Waals surface area contributed by atoms with E-state index in [1.54, 1.807) is 0 Å². The summed E-state index contributed by atoms with van der Waals surface area (Å²) in [7, 11) is 0. The SMILES string of the molecule is CCCCCCCOC(=O)CCCCCCCCC(=O)Oc1ccc(C)c(C)c1. The third-order valence-electron chi connectivity index (χ3n) is 5.23. The first-order valence-electron chi connectivity index (χ1n) is 11.5. The number of esters is 2. The summed E-state index contributed by atoms with van der Waals surface area (Å²) in [5.74, 6) is 0.409. The minimum Gasteiger partial charge on any atom is -0.466 e. The smallest absolute Gasteiger partial charge is 0.311 e. The molecule has 0 N–H and O–H groups in total. The first-order valence-corrected chi connectivity index (χ1v) is 11.5. The molecule has 4 nitrogen and oxygen atoms in total. The average Bonchev–Trinajstić information content (AvgIpc) is 2.69. The molecule has 1 aromatic rings. The fraction of sp³-hybridized carbons (Fsp3) is 0.680. The molecule has 0 unspecified atom stereocenters. The number of hydrogen-bond donors (Lipinski definition) is 0. The van der Waals surface area contributed by atoms with Crippen molar-refractivity contribution in [2.75, 3.05) is 6.61 Å². The fourth-order valence-corrected chi connectivity index (χ4v) is 3.17. The Hall–Kier alpha value is -1.84. The molecule has 0 fully saturated rings. The highest BCUT2D eigenvalue weighted by atomic mass is 16.5. The highest BCUT2D eigenvalue weighted by molar-refractivity contribution is 5.72. The van der Waals surface area contributed by atoms with E-state index in [0.29, 0.717) is 25.2 Å². The van der Waals surface area contributed by atoms with Crippen LogP contribution in [0.2, 0.25) is 0 Å². The van der Waals surface area contributed by atoms with E-state index in [-0.39, 0.29) is 11.9 Å². The van der Waals surface area contributed by atoms with Crippen LogP contribution in [0.15, 0.2) is 18.2 Å². The van der Waals surface area contributed by atoms with Gasteiger partial charge in [-0.1, -0.05) is 64.4 Å². The second-order valence-corrected chi connectivity index (χ2v) is 7.98. The van der Waals surface area contributed by atoms with Gasteiger partial charge in [0.15, 0.2) is 0 Å². The van der Waals surface area contributed by atoms with Crippen LogP contribution in [0, 0.1) is 13.8 Å². The third-order valence-corrected chi connectivity index (χ3v) is 5.23. The van der Waals surface area contributed by atoms with Gasteiger partial charge in [0, 0.05) is 12.8 Å². The van der Waals surface area contributed by atoms with E-state index in [1.165, 1.54) is 24.8 Å². The third kappa shape index (κ3) is 13.1. The molecule has 0 aliphatic heterocycles. The molecule has 0 amide bonds. The van der Waals surface area contributed by atoms with Gasteiger partial charge in [0.05, 0.1) is 6.61 Å². The van der Waals surface area contributed by atoms with Crippen LogP contribution in [-0.2, 0) is 14.3 Å². The van der Waals surface area contributed by atoms with Gasteiger partial charge in [-0.25, -0.2) is 0 Å². The van der Waals surface area contributed by atoms with Crippen molar-refractivity contribution in [3.8, 4) is 5.75 Å². The lowest BCUT2D eigenvalue weighted by Gasteiger charge is -2.07. The molecular formula is C25H40O4. The quantitative estimate of drug-likeness (QED) is 0.172. The summed E-state index contributed by atoms with van der Waals surface area (Å²) in [6, 6.07) is 5.73. The summed E-state index contributed by atoms with van der Waals surface area (Å²) >= 11 is 0. The molecule has 0 aliphatic carbocycles. The van der Waals surface area contributed by atoms with Gasteiger partial charge in [-0.15, -0.1) is 0 Å². The van der Waals surface area contributed by atoms with E-state index in [1.807, 2.05) is 32.0 Å². The molecule has 1 aromatic carbocycles. The predicted octanol–water partition coefficient (Wildman–Crippen LogP) is 6.84. The van der Waals surface area contributed by atoms with Crippen molar-refractivity contribution >= 4 is 11.9 Å². The maximum atomic E-state index is 11.9. The van der Waals surface area contributed by atoms with Gasteiger partial charge in [0.1, 0.15) is 5.75 Å². The Bertz CT molecular complexity index is 594. The van der Waals surface area contributed by atoms with E-state index in [4.69, 9.17) is 9.47 Å². The summed E-state index contributed by atoms with van der Waals surface area (Å²) in [5.41, 5.74) is 2.33. The molecule has 164 valence electrons. The van der Waals surface area contributed by atoms with Crippen molar-refractivity contribution in [3.05, 3.63) is 29.3 Å². The normalized spacial score (nSPS) is 10.7. The molecule has 4 heteroatoms. The van der Waals surface area contributed by atoms with Gasteiger partial charge in [0.2, 0.25) is 0 Å². The summed E-state index contributed by atoms with van der Waals surface area (Å²) < 4.78 is 10.7. The zero-order valence-electron chi connectivity index (χ0n) is 18.8. The van der Waals surface area contributed by atoms with E-state index < -0.39 is 0 Å². The van der Waals surface area contributed by atoms with Crippen LogP contribution in [0.5, 0.6) is 5.75 Å². The van der Waals surface area contributed by atoms with Crippen LogP contribution >= 0.6 is 0 Å².